The fourth-order valence-corrected chi connectivity index (χ4v) is 1.85. The van der Waals surface area contributed by atoms with Crippen LogP contribution in [0, 0.1) is 11.3 Å². The van der Waals surface area contributed by atoms with Crippen LogP contribution in [0.3, 0.4) is 0 Å². The van der Waals surface area contributed by atoms with E-state index in [2.05, 4.69) is 6.92 Å². The number of benzene rings is 1. The van der Waals surface area contributed by atoms with Crippen molar-refractivity contribution >= 4 is 0 Å². The predicted octanol–water partition coefficient (Wildman–Crippen LogP) is 3.87. The topological polar surface area (TPSA) is 44.0 Å². The molecule has 0 fully saturated rings. The van der Waals surface area contributed by atoms with Crippen molar-refractivity contribution in [3.63, 3.8) is 0 Å². The molecule has 3 heteroatoms. The molecule has 1 rings (SSSR count). The van der Waals surface area contributed by atoms with E-state index >= 15 is 0 Å². The Labute approximate surface area is 114 Å². The van der Waals surface area contributed by atoms with Crippen molar-refractivity contribution in [1.29, 1.82) is 5.26 Å². The van der Waals surface area contributed by atoms with E-state index < -0.39 is 11.8 Å². The lowest BCUT2D eigenvalue weighted by molar-refractivity contribution is 0.0625. The van der Waals surface area contributed by atoms with Gasteiger partial charge in [-0.2, -0.15) is 5.26 Å². The molecule has 0 heterocycles. The molecule has 2 nitrogen and oxygen atoms in total. The lowest BCUT2D eigenvalue weighted by Gasteiger charge is -2.21. The van der Waals surface area contributed by atoms with Gasteiger partial charge in [-0.05, 0) is 12.8 Å². The number of hydrogen-bond acceptors (Lipinski definition) is 2. The third-order valence-corrected chi connectivity index (χ3v) is 3.06. The molecular weight excluding hydrogens is 241 g/mol. The van der Waals surface area contributed by atoms with Crippen LogP contribution < -0.4 is 0 Å². The average Bonchev–Trinajstić information content (AvgIpc) is 2.46. The molecule has 1 aromatic carbocycles. The third kappa shape index (κ3) is 4.18. The first kappa shape index (κ1) is 15.4. The van der Waals surface area contributed by atoms with Crippen molar-refractivity contribution < 1.29 is 9.50 Å². The number of rotatable bonds is 7. The van der Waals surface area contributed by atoms with Crippen LogP contribution in [0.2, 0.25) is 0 Å². The van der Waals surface area contributed by atoms with Gasteiger partial charge in [-0.25, -0.2) is 4.39 Å². The van der Waals surface area contributed by atoms with Gasteiger partial charge in [0.2, 0.25) is 5.67 Å². The molecule has 0 bridgehead atoms. The summed E-state index contributed by atoms with van der Waals surface area (Å²) in [6, 6.07) is 9.65. The van der Waals surface area contributed by atoms with Crippen molar-refractivity contribution in [3.8, 4) is 6.07 Å². The monoisotopic (exact) mass is 261 g/mol. The summed E-state index contributed by atoms with van der Waals surface area (Å²) in [6.07, 6.45) is 5.71. The van der Waals surface area contributed by atoms with Crippen LogP contribution >= 0.6 is 0 Å². The molecule has 102 valence electrons. The number of nitrogens with zero attached hydrogens (tertiary/aromatic N) is 1. The standard InChI is InChI=1S/C16H20FNO/c1-2-3-4-5-9-12-15(19)16(17,13-18)14-10-7-6-8-11-14/h6-12,15,19H,2-5H2,1H3/b12-9+. The van der Waals surface area contributed by atoms with E-state index in [1.165, 1.54) is 18.2 Å². The lowest BCUT2D eigenvalue weighted by Crippen LogP contribution is -2.32. The van der Waals surface area contributed by atoms with Crippen LogP contribution in [0.15, 0.2) is 42.5 Å². The summed E-state index contributed by atoms with van der Waals surface area (Å²) in [5, 5.41) is 18.9. The number of unbranched alkanes of at least 4 members (excludes halogenated alkanes) is 3. The fraction of sp³-hybridized carbons (Fsp3) is 0.438. The van der Waals surface area contributed by atoms with Gasteiger partial charge in [0.15, 0.2) is 0 Å². The minimum Gasteiger partial charge on any atom is -0.384 e. The number of nitriles is 1. The zero-order valence-corrected chi connectivity index (χ0v) is 11.2. The molecule has 0 radical (unpaired) electrons. The maximum atomic E-state index is 14.6. The number of aliphatic hydroxyl groups is 1. The van der Waals surface area contributed by atoms with Crippen LogP contribution in [0.5, 0.6) is 0 Å². The van der Waals surface area contributed by atoms with Crippen molar-refractivity contribution in [2.75, 3.05) is 0 Å². The van der Waals surface area contributed by atoms with E-state index in [4.69, 9.17) is 5.26 Å². The van der Waals surface area contributed by atoms with Gasteiger partial charge < -0.3 is 5.11 Å². The van der Waals surface area contributed by atoms with Crippen LogP contribution in [0.25, 0.3) is 0 Å². The first-order valence-corrected chi connectivity index (χ1v) is 6.65. The number of aliphatic hydroxyl groups excluding tert-OH is 1. The molecule has 0 aliphatic heterocycles. The average molecular weight is 261 g/mol. The zero-order chi connectivity index (χ0) is 14.1. The minimum atomic E-state index is -2.39. The normalized spacial score (nSPS) is 15.9. The highest BCUT2D eigenvalue weighted by atomic mass is 19.1. The Morgan fingerprint density at radius 3 is 2.63 bits per heavy atom. The quantitative estimate of drug-likeness (QED) is 0.598. The Morgan fingerprint density at radius 2 is 2.05 bits per heavy atom. The molecule has 0 aliphatic carbocycles. The second-order valence-corrected chi connectivity index (χ2v) is 4.56. The summed E-state index contributed by atoms with van der Waals surface area (Å²) in [4.78, 5) is 0. The van der Waals surface area contributed by atoms with Gasteiger partial charge in [0.05, 0.1) is 0 Å². The highest BCUT2D eigenvalue weighted by Crippen LogP contribution is 2.30. The summed E-state index contributed by atoms with van der Waals surface area (Å²) in [7, 11) is 0. The number of alkyl halides is 1. The van der Waals surface area contributed by atoms with E-state index in [0.717, 1.165) is 25.7 Å². The van der Waals surface area contributed by atoms with Gasteiger partial charge >= 0.3 is 0 Å². The van der Waals surface area contributed by atoms with E-state index in [1.54, 1.807) is 30.3 Å². The minimum absolute atomic E-state index is 0.184. The van der Waals surface area contributed by atoms with Crippen molar-refractivity contribution in [1.82, 2.24) is 0 Å². The molecule has 1 N–H and O–H groups in total. The molecule has 0 aromatic heterocycles. The molecule has 0 saturated carbocycles. The smallest absolute Gasteiger partial charge is 0.250 e. The van der Waals surface area contributed by atoms with Gasteiger partial charge in [-0.3, -0.25) is 0 Å². The molecule has 2 unspecified atom stereocenters. The summed E-state index contributed by atoms with van der Waals surface area (Å²) >= 11 is 0. The summed E-state index contributed by atoms with van der Waals surface area (Å²) in [5.74, 6) is 0. The van der Waals surface area contributed by atoms with Gasteiger partial charge in [0, 0.05) is 5.56 Å². The van der Waals surface area contributed by atoms with Gasteiger partial charge in [-0.1, -0.05) is 62.2 Å². The highest BCUT2D eigenvalue weighted by Gasteiger charge is 2.38. The fourth-order valence-electron chi connectivity index (χ4n) is 1.85. The van der Waals surface area contributed by atoms with Gasteiger partial charge in [0.25, 0.3) is 0 Å². The maximum Gasteiger partial charge on any atom is 0.250 e. The van der Waals surface area contributed by atoms with Gasteiger partial charge in [0.1, 0.15) is 12.2 Å². The first-order valence-electron chi connectivity index (χ1n) is 6.65. The third-order valence-electron chi connectivity index (χ3n) is 3.06. The zero-order valence-electron chi connectivity index (χ0n) is 11.2. The Hall–Kier alpha value is -1.66. The van der Waals surface area contributed by atoms with E-state index in [9.17, 15) is 9.50 Å². The maximum absolute atomic E-state index is 14.6. The second-order valence-electron chi connectivity index (χ2n) is 4.56. The molecule has 1 aromatic rings. The Morgan fingerprint density at radius 1 is 1.37 bits per heavy atom. The second kappa shape index (κ2) is 7.70. The van der Waals surface area contributed by atoms with Gasteiger partial charge in [-0.15, -0.1) is 0 Å². The van der Waals surface area contributed by atoms with Crippen LogP contribution in [0.4, 0.5) is 4.39 Å². The van der Waals surface area contributed by atoms with Crippen molar-refractivity contribution in [3.05, 3.63) is 48.0 Å². The number of hydrogen-bond donors (Lipinski definition) is 1. The summed E-state index contributed by atoms with van der Waals surface area (Å²) in [6.45, 7) is 2.11. The van der Waals surface area contributed by atoms with E-state index in [1.807, 2.05) is 0 Å². The molecule has 2 atom stereocenters. The predicted molar refractivity (Wildman–Crippen MR) is 74.1 cm³/mol. The van der Waals surface area contributed by atoms with E-state index in [0.29, 0.717) is 0 Å². The molecule has 0 aliphatic rings. The lowest BCUT2D eigenvalue weighted by atomic mass is 9.91. The van der Waals surface area contributed by atoms with Crippen LogP contribution in [-0.4, -0.2) is 11.2 Å². The SMILES string of the molecule is CCCCC/C=C/C(O)C(F)(C#N)c1ccccc1. The molecular formula is C16H20FNO. The largest absolute Gasteiger partial charge is 0.384 e. The van der Waals surface area contributed by atoms with Crippen molar-refractivity contribution in [2.24, 2.45) is 0 Å². The summed E-state index contributed by atoms with van der Waals surface area (Å²) in [5.41, 5.74) is -2.20. The van der Waals surface area contributed by atoms with Crippen LogP contribution in [0.1, 0.15) is 38.2 Å². The Balaban J connectivity index is 2.72. The Bertz CT molecular complexity index is 438. The van der Waals surface area contributed by atoms with Crippen LogP contribution in [-0.2, 0) is 5.67 Å². The first-order chi connectivity index (χ1) is 9.15. The molecule has 0 saturated heterocycles. The molecule has 0 spiro atoms. The van der Waals surface area contributed by atoms with Crippen molar-refractivity contribution in [2.45, 2.75) is 44.4 Å². The molecule has 0 amide bonds. The number of allylic oxidation sites excluding steroid dienone is 1. The number of halogens is 1. The molecule has 19 heavy (non-hydrogen) atoms. The van der Waals surface area contributed by atoms with E-state index in [-0.39, 0.29) is 5.56 Å². The summed E-state index contributed by atoms with van der Waals surface area (Å²) < 4.78 is 14.6. The highest BCUT2D eigenvalue weighted by molar-refractivity contribution is 5.32. The Kier molecular flexibility index (Phi) is 6.24.